The SMILES string of the molecule is O=C1CCC(=O)N1CC(O)c1cccc(C(F)(F)F)c1. The summed E-state index contributed by atoms with van der Waals surface area (Å²) in [5.74, 6) is -0.831. The van der Waals surface area contributed by atoms with Crippen LogP contribution < -0.4 is 0 Å². The largest absolute Gasteiger partial charge is 0.416 e. The minimum Gasteiger partial charge on any atom is -0.387 e. The molecule has 2 rings (SSSR count). The fraction of sp³-hybridized carbons (Fsp3) is 0.385. The first kappa shape index (κ1) is 14.5. The molecule has 1 N–H and O–H groups in total. The summed E-state index contributed by atoms with van der Waals surface area (Å²) in [6.07, 6.45) is -5.68. The number of amides is 2. The number of halogens is 3. The summed E-state index contributed by atoms with van der Waals surface area (Å²) in [4.78, 5) is 23.7. The topological polar surface area (TPSA) is 57.6 Å². The van der Waals surface area contributed by atoms with Crippen LogP contribution in [0.15, 0.2) is 24.3 Å². The molecule has 0 spiro atoms. The van der Waals surface area contributed by atoms with E-state index in [0.29, 0.717) is 0 Å². The van der Waals surface area contributed by atoms with Crippen LogP contribution in [0, 0.1) is 0 Å². The molecule has 20 heavy (non-hydrogen) atoms. The third kappa shape index (κ3) is 2.98. The van der Waals surface area contributed by atoms with Gasteiger partial charge in [0.15, 0.2) is 0 Å². The van der Waals surface area contributed by atoms with Crippen molar-refractivity contribution >= 4 is 11.8 Å². The highest BCUT2D eigenvalue weighted by atomic mass is 19.4. The molecule has 1 aromatic carbocycles. The maximum atomic E-state index is 12.6. The fourth-order valence-corrected chi connectivity index (χ4v) is 2.03. The van der Waals surface area contributed by atoms with Gasteiger partial charge < -0.3 is 5.11 Å². The Bertz CT molecular complexity index is 526. The number of aliphatic hydroxyl groups is 1. The first-order valence-electron chi connectivity index (χ1n) is 5.97. The standard InChI is InChI=1S/C13H12F3NO3/c14-13(15,16)9-3-1-2-8(6-9)10(18)7-17-11(19)4-5-12(17)20/h1-3,6,10,18H,4-5,7H2. The van der Waals surface area contributed by atoms with Crippen LogP contribution in [0.25, 0.3) is 0 Å². The van der Waals surface area contributed by atoms with Gasteiger partial charge in [-0.25, -0.2) is 0 Å². The third-order valence-corrected chi connectivity index (χ3v) is 3.11. The van der Waals surface area contributed by atoms with Crippen molar-refractivity contribution in [2.75, 3.05) is 6.54 Å². The zero-order valence-electron chi connectivity index (χ0n) is 10.4. The van der Waals surface area contributed by atoms with Crippen LogP contribution in [-0.4, -0.2) is 28.4 Å². The fourth-order valence-electron chi connectivity index (χ4n) is 2.03. The van der Waals surface area contributed by atoms with Gasteiger partial charge >= 0.3 is 6.18 Å². The van der Waals surface area contributed by atoms with E-state index in [1.807, 2.05) is 0 Å². The first-order chi connectivity index (χ1) is 9.29. The van der Waals surface area contributed by atoms with Crippen molar-refractivity contribution in [3.8, 4) is 0 Å². The number of imide groups is 1. The molecular weight excluding hydrogens is 275 g/mol. The van der Waals surface area contributed by atoms with Crippen molar-refractivity contribution in [2.24, 2.45) is 0 Å². The number of aliphatic hydroxyl groups excluding tert-OH is 1. The molecule has 1 aliphatic heterocycles. The smallest absolute Gasteiger partial charge is 0.387 e. The molecule has 1 aliphatic rings. The Labute approximate surface area is 112 Å². The van der Waals surface area contributed by atoms with Crippen molar-refractivity contribution < 1.29 is 27.9 Å². The number of carbonyl (C=O) groups is 2. The van der Waals surface area contributed by atoms with Crippen molar-refractivity contribution in [3.63, 3.8) is 0 Å². The molecule has 0 aliphatic carbocycles. The van der Waals surface area contributed by atoms with Crippen LogP contribution in [0.2, 0.25) is 0 Å². The maximum Gasteiger partial charge on any atom is 0.416 e. The monoisotopic (exact) mass is 287 g/mol. The number of hydrogen-bond donors (Lipinski definition) is 1. The van der Waals surface area contributed by atoms with E-state index in [9.17, 15) is 27.9 Å². The van der Waals surface area contributed by atoms with Gasteiger partial charge in [-0.1, -0.05) is 12.1 Å². The van der Waals surface area contributed by atoms with Gasteiger partial charge in [-0.05, 0) is 17.7 Å². The quantitative estimate of drug-likeness (QED) is 0.864. The highest BCUT2D eigenvalue weighted by Gasteiger charge is 2.33. The van der Waals surface area contributed by atoms with Crippen molar-refractivity contribution in [3.05, 3.63) is 35.4 Å². The molecule has 1 unspecified atom stereocenters. The second kappa shape index (κ2) is 5.24. The molecule has 108 valence electrons. The molecule has 0 radical (unpaired) electrons. The molecule has 0 bridgehead atoms. The zero-order valence-corrected chi connectivity index (χ0v) is 10.4. The Morgan fingerprint density at radius 2 is 1.80 bits per heavy atom. The lowest BCUT2D eigenvalue weighted by Crippen LogP contribution is -2.33. The van der Waals surface area contributed by atoms with Crippen molar-refractivity contribution in [1.29, 1.82) is 0 Å². The number of rotatable bonds is 3. The van der Waals surface area contributed by atoms with Crippen LogP contribution in [0.3, 0.4) is 0 Å². The summed E-state index contributed by atoms with van der Waals surface area (Å²) in [6.45, 7) is -0.320. The summed E-state index contributed by atoms with van der Waals surface area (Å²) in [7, 11) is 0. The van der Waals surface area contributed by atoms with Gasteiger partial charge in [-0.2, -0.15) is 13.2 Å². The molecule has 2 amide bonds. The Hall–Kier alpha value is -1.89. The number of carbonyl (C=O) groups excluding carboxylic acids is 2. The van der Waals surface area contributed by atoms with E-state index in [4.69, 9.17) is 0 Å². The van der Waals surface area contributed by atoms with Gasteiger partial charge in [0, 0.05) is 12.8 Å². The Balaban J connectivity index is 2.15. The summed E-state index contributed by atoms with van der Waals surface area (Å²) >= 11 is 0. The molecule has 7 heteroatoms. The van der Waals surface area contributed by atoms with E-state index < -0.39 is 29.7 Å². The Morgan fingerprint density at radius 3 is 2.35 bits per heavy atom. The van der Waals surface area contributed by atoms with Crippen molar-refractivity contribution in [2.45, 2.75) is 25.1 Å². The molecule has 1 aromatic rings. The van der Waals surface area contributed by atoms with Gasteiger partial charge in [0.1, 0.15) is 0 Å². The van der Waals surface area contributed by atoms with Gasteiger partial charge in [0.05, 0.1) is 18.2 Å². The van der Waals surface area contributed by atoms with Crippen LogP contribution in [0.4, 0.5) is 13.2 Å². The van der Waals surface area contributed by atoms with Gasteiger partial charge in [-0.3, -0.25) is 14.5 Å². The predicted molar refractivity (Wildman–Crippen MR) is 62.4 cm³/mol. The first-order valence-corrected chi connectivity index (χ1v) is 5.97. The lowest BCUT2D eigenvalue weighted by atomic mass is 10.1. The summed E-state index contributed by atoms with van der Waals surface area (Å²) in [5, 5.41) is 9.89. The van der Waals surface area contributed by atoms with E-state index in [1.54, 1.807) is 0 Å². The highest BCUT2D eigenvalue weighted by molar-refractivity contribution is 6.01. The second-order valence-electron chi connectivity index (χ2n) is 4.54. The van der Waals surface area contributed by atoms with Crippen LogP contribution in [-0.2, 0) is 15.8 Å². The third-order valence-electron chi connectivity index (χ3n) is 3.11. The number of benzene rings is 1. The molecular formula is C13H12F3NO3. The summed E-state index contributed by atoms with van der Waals surface area (Å²) in [6, 6.07) is 4.21. The lowest BCUT2D eigenvalue weighted by Gasteiger charge is -2.19. The normalized spacial score (nSPS) is 17.7. The van der Waals surface area contributed by atoms with E-state index in [0.717, 1.165) is 17.0 Å². The van der Waals surface area contributed by atoms with Crippen LogP contribution in [0.5, 0.6) is 0 Å². The van der Waals surface area contributed by atoms with E-state index in [2.05, 4.69) is 0 Å². The second-order valence-corrected chi connectivity index (χ2v) is 4.54. The minimum atomic E-state index is -4.50. The van der Waals surface area contributed by atoms with Crippen LogP contribution in [0.1, 0.15) is 30.1 Å². The van der Waals surface area contributed by atoms with Gasteiger partial charge in [-0.15, -0.1) is 0 Å². The average molecular weight is 287 g/mol. The molecule has 0 aromatic heterocycles. The molecule has 1 heterocycles. The number of likely N-dealkylation sites (tertiary alicyclic amines) is 1. The van der Waals surface area contributed by atoms with E-state index >= 15 is 0 Å². The Morgan fingerprint density at radius 1 is 1.20 bits per heavy atom. The van der Waals surface area contributed by atoms with E-state index in [1.165, 1.54) is 12.1 Å². The van der Waals surface area contributed by atoms with Crippen LogP contribution >= 0.6 is 0 Å². The van der Waals surface area contributed by atoms with Gasteiger partial charge in [0.25, 0.3) is 0 Å². The molecule has 1 fully saturated rings. The summed E-state index contributed by atoms with van der Waals surface area (Å²) < 4.78 is 37.7. The van der Waals surface area contributed by atoms with Gasteiger partial charge in [0.2, 0.25) is 11.8 Å². The summed E-state index contributed by atoms with van der Waals surface area (Å²) in [5.41, 5.74) is -0.861. The van der Waals surface area contributed by atoms with Crippen molar-refractivity contribution in [1.82, 2.24) is 4.90 Å². The zero-order chi connectivity index (χ0) is 14.9. The average Bonchev–Trinajstić information content (AvgIpc) is 2.69. The Kier molecular flexibility index (Phi) is 3.80. The number of nitrogens with zero attached hydrogens (tertiary/aromatic N) is 1. The lowest BCUT2D eigenvalue weighted by molar-refractivity contribution is -0.141. The van der Waals surface area contributed by atoms with E-state index in [-0.39, 0.29) is 24.9 Å². The molecule has 1 saturated heterocycles. The molecule has 0 saturated carbocycles. The highest BCUT2D eigenvalue weighted by Crippen LogP contribution is 2.31. The predicted octanol–water partition coefficient (Wildman–Crippen LogP) is 1.89. The maximum absolute atomic E-state index is 12.6. The number of β-amino-alcohol motifs (C(OH)–C–C–N with tert-alkyl or cyclic N) is 1. The molecule has 4 nitrogen and oxygen atoms in total. The number of alkyl halides is 3. The minimum absolute atomic E-state index is 0.0207. The number of hydrogen-bond acceptors (Lipinski definition) is 3. The molecule has 1 atom stereocenters.